The normalized spacial score (nSPS) is 15.2. The lowest BCUT2D eigenvalue weighted by atomic mass is 10.1. The summed E-state index contributed by atoms with van der Waals surface area (Å²) in [6.07, 6.45) is 5.73. The molecule has 156 valence electrons. The molecule has 0 unspecified atom stereocenters. The lowest BCUT2D eigenvalue weighted by molar-refractivity contribution is 0.0691. The summed E-state index contributed by atoms with van der Waals surface area (Å²) in [5, 5.41) is 12.4. The third-order valence-corrected chi connectivity index (χ3v) is 5.27. The second-order valence-electron chi connectivity index (χ2n) is 7.38. The fourth-order valence-electron chi connectivity index (χ4n) is 3.79. The zero-order valence-corrected chi connectivity index (χ0v) is 16.5. The highest BCUT2D eigenvalue weighted by Crippen LogP contribution is 2.26. The molecule has 1 atom stereocenters. The number of halogens is 1. The number of hydrogen-bond acceptors (Lipinski definition) is 6. The van der Waals surface area contributed by atoms with Gasteiger partial charge >= 0.3 is 5.97 Å². The third-order valence-electron chi connectivity index (χ3n) is 5.27. The molecule has 9 heteroatoms. The van der Waals surface area contributed by atoms with Crippen molar-refractivity contribution in [3.63, 3.8) is 0 Å². The topological polar surface area (TPSA) is 99.8 Å². The Hall–Kier alpha value is -3.49. The van der Waals surface area contributed by atoms with E-state index in [1.165, 1.54) is 22.7 Å². The maximum Gasteiger partial charge on any atom is 0.356 e. The van der Waals surface area contributed by atoms with Crippen molar-refractivity contribution in [2.24, 2.45) is 0 Å². The Bertz CT molecular complexity index is 1160. The number of aromatic carboxylic acids is 1. The van der Waals surface area contributed by atoms with Gasteiger partial charge in [0, 0.05) is 37.1 Å². The van der Waals surface area contributed by atoms with Crippen LogP contribution in [-0.2, 0) is 0 Å². The summed E-state index contributed by atoms with van der Waals surface area (Å²) >= 11 is 0. The van der Waals surface area contributed by atoms with Gasteiger partial charge in [-0.05, 0) is 44.4 Å². The number of carboxylic acids is 1. The van der Waals surface area contributed by atoms with Crippen LogP contribution in [-0.4, -0.2) is 38.5 Å². The molecule has 0 aromatic carbocycles. The number of nitrogens with one attached hydrogen (secondary N) is 1. The smallest absolute Gasteiger partial charge is 0.356 e. The quantitative estimate of drug-likeness (QED) is 0.665. The third kappa shape index (κ3) is 3.83. The zero-order valence-electron chi connectivity index (χ0n) is 16.5. The number of aromatic nitrogens is 3. The highest BCUT2D eigenvalue weighted by molar-refractivity contribution is 5.91. The molecule has 2 N–H and O–H groups in total. The standard InChI is InChI=1S/C21H22FN5O3/c1-13(24-16-6-5-7-23-19(16)21(29)30)15-10-14(22)12-27-18(28)11-17(25-20(15)27)26-8-3-2-4-9-26/h5-7,10-13,24H,2-4,8-9H2,1H3,(H,29,30)/t13-/m1/s1. The molecule has 3 aromatic rings. The number of carboxylic acid groups (broad SMARTS) is 1. The van der Waals surface area contributed by atoms with Gasteiger partial charge in [-0.25, -0.2) is 19.2 Å². The van der Waals surface area contributed by atoms with Crippen molar-refractivity contribution < 1.29 is 14.3 Å². The maximum absolute atomic E-state index is 14.3. The van der Waals surface area contributed by atoms with Gasteiger partial charge in [0.05, 0.1) is 11.7 Å². The van der Waals surface area contributed by atoms with Gasteiger partial charge in [-0.1, -0.05) is 0 Å². The van der Waals surface area contributed by atoms with Crippen molar-refractivity contribution in [1.29, 1.82) is 0 Å². The van der Waals surface area contributed by atoms with E-state index in [-0.39, 0.29) is 11.3 Å². The van der Waals surface area contributed by atoms with Gasteiger partial charge in [-0.3, -0.25) is 9.20 Å². The molecule has 8 nitrogen and oxygen atoms in total. The van der Waals surface area contributed by atoms with Crippen LogP contribution < -0.4 is 15.8 Å². The van der Waals surface area contributed by atoms with Crippen molar-refractivity contribution in [3.8, 4) is 0 Å². The van der Waals surface area contributed by atoms with Crippen LogP contribution in [0.5, 0.6) is 0 Å². The fourth-order valence-corrected chi connectivity index (χ4v) is 3.79. The average Bonchev–Trinajstić information content (AvgIpc) is 2.74. The summed E-state index contributed by atoms with van der Waals surface area (Å²) in [7, 11) is 0. The van der Waals surface area contributed by atoms with Gasteiger partial charge in [-0.2, -0.15) is 0 Å². The van der Waals surface area contributed by atoms with Crippen LogP contribution >= 0.6 is 0 Å². The Morgan fingerprint density at radius 2 is 2.03 bits per heavy atom. The number of piperidine rings is 1. The van der Waals surface area contributed by atoms with Crippen LogP contribution in [0.15, 0.2) is 41.5 Å². The Balaban J connectivity index is 1.78. The SMILES string of the molecule is C[C@@H](Nc1cccnc1C(=O)O)c1cc(F)cn2c(=O)cc(N3CCCCC3)nc12. The molecule has 4 rings (SSSR count). The van der Waals surface area contributed by atoms with Crippen molar-refractivity contribution in [3.05, 3.63) is 64.1 Å². The molecule has 0 saturated carbocycles. The van der Waals surface area contributed by atoms with Crippen LogP contribution in [0.25, 0.3) is 5.65 Å². The van der Waals surface area contributed by atoms with Crippen molar-refractivity contribution >= 4 is 23.1 Å². The number of fused-ring (bicyclic) bond motifs is 1. The summed E-state index contributed by atoms with van der Waals surface area (Å²) in [6.45, 7) is 3.41. The van der Waals surface area contributed by atoms with Crippen LogP contribution in [0.3, 0.4) is 0 Å². The van der Waals surface area contributed by atoms with Crippen LogP contribution in [0.1, 0.15) is 48.3 Å². The van der Waals surface area contributed by atoms with E-state index in [0.717, 1.165) is 38.5 Å². The largest absolute Gasteiger partial charge is 0.476 e. The molecule has 4 heterocycles. The molecule has 30 heavy (non-hydrogen) atoms. The second kappa shape index (κ2) is 8.10. The Morgan fingerprint density at radius 1 is 1.27 bits per heavy atom. The highest BCUT2D eigenvalue weighted by atomic mass is 19.1. The summed E-state index contributed by atoms with van der Waals surface area (Å²) in [6, 6.07) is 5.43. The molecule has 0 amide bonds. The van der Waals surface area contributed by atoms with Crippen molar-refractivity contribution in [1.82, 2.24) is 14.4 Å². The summed E-state index contributed by atoms with van der Waals surface area (Å²) in [5.74, 6) is -1.17. The van der Waals surface area contributed by atoms with Gasteiger partial charge in [-0.15, -0.1) is 0 Å². The van der Waals surface area contributed by atoms with E-state index in [9.17, 15) is 19.1 Å². The average molecular weight is 411 g/mol. The van der Waals surface area contributed by atoms with Crippen LogP contribution in [0.4, 0.5) is 15.9 Å². The molecule has 0 aliphatic carbocycles. The number of rotatable bonds is 5. The molecular weight excluding hydrogens is 389 g/mol. The molecular formula is C21H22FN5O3. The monoisotopic (exact) mass is 411 g/mol. The van der Waals surface area contributed by atoms with Crippen LogP contribution in [0, 0.1) is 5.82 Å². The van der Waals surface area contributed by atoms with Crippen LogP contribution in [0.2, 0.25) is 0 Å². The van der Waals surface area contributed by atoms with Gasteiger partial charge in [0.2, 0.25) is 0 Å². The summed E-state index contributed by atoms with van der Waals surface area (Å²) in [4.78, 5) is 34.8. The molecule has 0 spiro atoms. The van der Waals surface area contributed by atoms with E-state index in [1.807, 2.05) is 0 Å². The Labute approximate surface area is 172 Å². The van der Waals surface area contributed by atoms with E-state index in [0.29, 0.717) is 22.7 Å². The first-order chi connectivity index (χ1) is 14.4. The minimum absolute atomic E-state index is 0.135. The van der Waals surface area contributed by atoms with E-state index >= 15 is 0 Å². The van der Waals surface area contributed by atoms with Gasteiger partial charge in [0.25, 0.3) is 5.56 Å². The summed E-state index contributed by atoms with van der Waals surface area (Å²) in [5.41, 5.74) is 0.594. The Kier molecular flexibility index (Phi) is 5.35. The molecule has 0 radical (unpaired) electrons. The van der Waals surface area contributed by atoms with Crippen molar-refractivity contribution in [2.75, 3.05) is 23.3 Å². The fraction of sp³-hybridized carbons (Fsp3) is 0.333. The Morgan fingerprint density at radius 3 is 2.77 bits per heavy atom. The minimum Gasteiger partial charge on any atom is -0.476 e. The first kappa shape index (κ1) is 19.8. The lowest BCUT2D eigenvalue weighted by Crippen LogP contribution is -2.32. The van der Waals surface area contributed by atoms with E-state index in [4.69, 9.17) is 0 Å². The lowest BCUT2D eigenvalue weighted by Gasteiger charge is -2.28. The highest BCUT2D eigenvalue weighted by Gasteiger charge is 2.20. The number of anilines is 2. The van der Waals surface area contributed by atoms with Crippen molar-refractivity contribution in [2.45, 2.75) is 32.2 Å². The molecule has 1 saturated heterocycles. The zero-order chi connectivity index (χ0) is 21.3. The number of nitrogens with zero attached hydrogens (tertiary/aromatic N) is 4. The van der Waals surface area contributed by atoms with Gasteiger partial charge in [0.15, 0.2) is 5.69 Å². The molecule has 3 aromatic heterocycles. The predicted molar refractivity (Wildman–Crippen MR) is 111 cm³/mol. The molecule has 0 bridgehead atoms. The predicted octanol–water partition coefficient (Wildman–Crippen LogP) is 3.09. The van der Waals surface area contributed by atoms with Gasteiger partial charge < -0.3 is 15.3 Å². The maximum atomic E-state index is 14.3. The second-order valence-corrected chi connectivity index (χ2v) is 7.38. The number of pyridine rings is 2. The molecule has 1 aliphatic rings. The van der Waals surface area contributed by atoms with E-state index in [1.54, 1.807) is 19.1 Å². The first-order valence-corrected chi connectivity index (χ1v) is 9.86. The number of carbonyl (C=O) groups is 1. The minimum atomic E-state index is -1.17. The molecule has 1 fully saturated rings. The first-order valence-electron chi connectivity index (χ1n) is 9.86. The van der Waals surface area contributed by atoms with Gasteiger partial charge in [0.1, 0.15) is 17.3 Å². The molecule has 1 aliphatic heterocycles. The number of hydrogen-bond donors (Lipinski definition) is 2. The van der Waals surface area contributed by atoms with E-state index in [2.05, 4.69) is 20.2 Å². The summed E-state index contributed by atoms with van der Waals surface area (Å²) < 4.78 is 15.5. The van der Waals surface area contributed by atoms with E-state index < -0.39 is 17.8 Å².